The van der Waals surface area contributed by atoms with Gasteiger partial charge in [0.05, 0.1) is 13.2 Å². The van der Waals surface area contributed by atoms with E-state index in [4.69, 9.17) is 14.6 Å². The summed E-state index contributed by atoms with van der Waals surface area (Å²) in [6, 6.07) is 5.35. The predicted octanol–water partition coefficient (Wildman–Crippen LogP) is 2.12. The Hall–Kier alpha value is -1.91. The van der Waals surface area contributed by atoms with Gasteiger partial charge < -0.3 is 19.9 Å². The molecule has 0 spiro atoms. The summed E-state index contributed by atoms with van der Waals surface area (Å²) in [5.74, 6) is 0.444. The number of hydrogen-bond donors (Lipinski definition) is 2. The fourth-order valence-electron chi connectivity index (χ4n) is 1.66. The van der Waals surface area contributed by atoms with Crippen molar-refractivity contribution in [2.75, 3.05) is 18.5 Å². The van der Waals surface area contributed by atoms with E-state index < -0.39 is 11.5 Å². The highest BCUT2D eigenvalue weighted by atomic mass is 16.5. The molecular formula is C13H17NO4. The van der Waals surface area contributed by atoms with Gasteiger partial charge in [-0.1, -0.05) is 0 Å². The zero-order chi connectivity index (χ0) is 13.2. The number of rotatable bonds is 3. The van der Waals surface area contributed by atoms with Crippen LogP contribution in [0.3, 0.4) is 0 Å². The number of hydrogen-bond acceptors (Lipinski definition) is 4. The third-order valence-electron chi connectivity index (χ3n) is 2.74. The van der Waals surface area contributed by atoms with E-state index in [0.717, 1.165) is 6.42 Å². The van der Waals surface area contributed by atoms with Crippen LogP contribution in [-0.2, 0) is 4.79 Å². The lowest BCUT2D eigenvalue weighted by Crippen LogP contribution is -2.39. The summed E-state index contributed by atoms with van der Waals surface area (Å²) in [4.78, 5) is 11.1. The van der Waals surface area contributed by atoms with Gasteiger partial charge >= 0.3 is 5.97 Å². The van der Waals surface area contributed by atoms with E-state index in [0.29, 0.717) is 30.4 Å². The van der Waals surface area contributed by atoms with E-state index >= 15 is 0 Å². The van der Waals surface area contributed by atoms with Crippen LogP contribution in [0, 0.1) is 0 Å². The zero-order valence-electron chi connectivity index (χ0n) is 10.5. The highest BCUT2D eigenvalue weighted by Gasteiger charge is 2.27. The topological polar surface area (TPSA) is 67.8 Å². The Morgan fingerprint density at radius 1 is 1.28 bits per heavy atom. The molecule has 1 aliphatic heterocycles. The van der Waals surface area contributed by atoms with Crippen molar-refractivity contribution in [3.63, 3.8) is 0 Å². The molecule has 18 heavy (non-hydrogen) atoms. The van der Waals surface area contributed by atoms with Crippen LogP contribution >= 0.6 is 0 Å². The Kier molecular flexibility index (Phi) is 3.32. The molecule has 0 aromatic heterocycles. The molecule has 0 bridgehead atoms. The van der Waals surface area contributed by atoms with Gasteiger partial charge in [-0.2, -0.15) is 0 Å². The number of carboxylic acids is 1. The van der Waals surface area contributed by atoms with Crippen molar-refractivity contribution in [1.82, 2.24) is 0 Å². The van der Waals surface area contributed by atoms with Gasteiger partial charge in [-0.3, -0.25) is 0 Å². The Morgan fingerprint density at radius 3 is 2.61 bits per heavy atom. The van der Waals surface area contributed by atoms with Crippen LogP contribution in [0.25, 0.3) is 0 Å². The summed E-state index contributed by atoms with van der Waals surface area (Å²) in [5.41, 5.74) is -0.327. The van der Waals surface area contributed by atoms with Crippen molar-refractivity contribution < 1.29 is 19.4 Å². The third kappa shape index (κ3) is 2.67. The van der Waals surface area contributed by atoms with Crippen LogP contribution in [-0.4, -0.2) is 29.8 Å². The number of benzene rings is 1. The summed E-state index contributed by atoms with van der Waals surface area (Å²) in [7, 11) is 0. The molecule has 1 aromatic carbocycles. The van der Waals surface area contributed by atoms with Crippen molar-refractivity contribution in [2.45, 2.75) is 25.8 Å². The first-order chi connectivity index (χ1) is 8.49. The van der Waals surface area contributed by atoms with Crippen molar-refractivity contribution >= 4 is 11.7 Å². The van der Waals surface area contributed by atoms with Crippen molar-refractivity contribution in [1.29, 1.82) is 0 Å². The molecule has 2 N–H and O–H groups in total. The second kappa shape index (κ2) is 4.76. The van der Waals surface area contributed by atoms with Crippen LogP contribution in [0.1, 0.15) is 20.3 Å². The monoisotopic (exact) mass is 251 g/mol. The van der Waals surface area contributed by atoms with Gasteiger partial charge in [0.15, 0.2) is 11.5 Å². The lowest BCUT2D eigenvalue weighted by Gasteiger charge is -2.23. The molecule has 0 radical (unpaired) electrons. The lowest BCUT2D eigenvalue weighted by molar-refractivity contribution is -0.141. The minimum absolute atomic E-state index is 0.610. The number of ether oxygens (including phenoxy) is 2. The number of anilines is 1. The molecule has 5 nitrogen and oxygen atoms in total. The molecule has 5 heteroatoms. The minimum atomic E-state index is -1.03. The number of carbonyl (C=O) groups is 1. The van der Waals surface area contributed by atoms with Gasteiger partial charge in [0.2, 0.25) is 0 Å². The SMILES string of the molecule is CC(C)(Nc1ccc2c(c1)OCCCO2)C(=O)O. The molecule has 0 saturated carbocycles. The fraction of sp³-hybridized carbons (Fsp3) is 0.462. The standard InChI is InChI=1S/C13H17NO4/c1-13(2,12(15)16)14-9-4-5-10-11(8-9)18-7-3-6-17-10/h4-5,8,14H,3,6-7H2,1-2H3,(H,15,16). The molecule has 1 aliphatic rings. The fourth-order valence-corrected chi connectivity index (χ4v) is 1.66. The Balaban J connectivity index is 2.21. The molecular weight excluding hydrogens is 234 g/mol. The smallest absolute Gasteiger partial charge is 0.328 e. The van der Waals surface area contributed by atoms with Crippen molar-refractivity contribution in [2.24, 2.45) is 0 Å². The van der Waals surface area contributed by atoms with E-state index in [1.54, 1.807) is 32.0 Å². The molecule has 98 valence electrons. The molecule has 0 saturated heterocycles. The van der Waals surface area contributed by atoms with Gasteiger partial charge in [-0.05, 0) is 26.0 Å². The summed E-state index contributed by atoms with van der Waals surface area (Å²) in [6.45, 7) is 4.47. The van der Waals surface area contributed by atoms with Gasteiger partial charge in [-0.25, -0.2) is 4.79 Å². The maximum Gasteiger partial charge on any atom is 0.328 e. The maximum absolute atomic E-state index is 11.1. The van der Waals surface area contributed by atoms with Gasteiger partial charge in [0, 0.05) is 18.2 Å². The maximum atomic E-state index is 11.1. The van der Waals surface area contributed by atoms with Crippen LogP contribution in [0.15, 0.2) is 18.2 Å². The first kappa shape index (κ1) is 12.5. The van der Waals surface area contributed by atoms with Crippen molar-refractivity contribution in [3.05, 3.63) is 18.2 Å². The first-order valence-corrected chi connectivity index (χ1v) is 5.90. The quantitative estimate of drug-likeness (QED) is 0.861. The highest BCUT2D eigenvalue weighted by molar-refractivity contribution is 5.81. The molecule has 1 aromatic rings. The second-order valence-corrected chi connectivity index (χ2v) is 4.77. The number of nitrogens with one attached hydrogen (secondary N) is 1. The molecule has 1 heterocycles. The summed E-state index contributed by atoms with van der Waals surface area (Å²) < 4.78 is 11.1. The average Bonchev–Trinajstić information content (AvgIpc) is 2.52. The molecule has 0 atom stereocenters. The van der Waals surface area contributed by atoms with E-state index in [1.807, 2.05) is 0 Å². The van der Waals surface area contributed by atoms with E-state index in [-0.39, 0.29) is 0 Å². The molecule has 2 rings (SSSR count). The summed E-state index contributed by atoms with van der Waals surface area (Å²) in [5, 5.41) is 12.0. The largest absolute Gasteiger partial charge is 0.490 e. The molecule has 0 aliphatic carbocycles. The highest BCUT2D eigenvalue weighted by Crippen LogP contribution is 2.33. The first-order valence-electron chi connectivity index (χ1n) is 5.90. The van der Waals surface area contributed by atoms with Crippen LogP contribution in [0.4, 0.5) is 5.69 Å². The molecule has 0 amide bonds. The molecule has 0 unspecified atom stereocenters. The number of fused-ring (bicyclic) bond motifs is 1. The van der Waals surface area contributed by atoms with Crippen LogP contribution in [0.2, 0.25) is 0 Å². The van der Waals surface area contributed by atoms with E-state index in [2.05, 4.69) is 5.32 Å². The second-order valence-electron chi connectivity index (χ2n) is 4.77. The Bertz CT molecular complexity index is 456. The normalized spacial score (nSPS) is 14.8. The zero-order valence-corrected chi connectivity index (χ0v) is 10.5. The Morgan fingerprint density at radius 2 is 1.94 bits per heavy atom. The van der Waals surface area contributed by atoms with E-state index in [9.17, 15) is 4.79 Å². The van der Waals surface area contributed by atoms with Gasteiger partial charge in [0.25, 0.3) is 0 Å². The van der Waals surface area contributed by atoms with Gasteiger partial charge in [-0.15, -0.1) is 0 Å². The Labute approximate surface area is 106 Å². The van der Waals surface area contributed by atoms with Crippen molar-refractivity contribution in [3.8, 4) is 11.5 Å². The third-order valence-corrected chi connectivity index (χ3v) is 2.74. The summed E-state index contributed by atoms with van der Waals surface area (Å²) >= 11 is 0. The molecule has 0 fully saturated rings. The number of carboxylic acid groups (broad SMARTS) is 1. The van der Waals surface area contributed by atoms with E-state index in [1.165, 1.54) is 0 Å². The van der Waals surface area contributed by atoms with Crippen LogP contribution in [0.5, 0.6) is 11.5 Å². The van der Waals surface area contributed by atoms with Gasteiger partial charge in [0.1, 0.15) is 5.54 Å². The number of aliphatic carboxylic acids is 1. The minimum Gasteiger partial charge on any atom is -0.490 e. The average molecular weight is 251 g/mol. The van der Waals surface area contributed by atoms with Crippen LogP contribution < -0.4 is 14.8 Å². The lowest BCUT2D eigenvalue weighted by atomic mass is 10.1. The predicted molar refractivity (Wildman–Crippen MR) is 67.4 cm³/mol. The summed E-state index contributed by atoms with van der Waals surface area (Å²) in [6.07, 6.45) is 0.845.